The Morgan fingerprint density at radius 3 is 2.56 bits per heavy atom. The zero-order valence-electron chi connectivity index (χ0n) is 13.8. The van der Waals surface area contributed by atoms with Crippen molar-refractivity contribution in [2.45, 2.75) is 19.9 Å². The number of amides is 2. The number of halogens is 2. The molecule has 0 atom stereocenters. The molecule has 0 bridgehead atoms. The lowest BCUT2D eigenvalue weighted by molar-refractivity contribution is -0.129. The molecule has 25 heavy (non-hydrogen) atoms. The summed E-state index contributed by atoms with van der Waals surface area (Å²) in [6.45, 7) is 2.51. The Hall–Kier alpha value is -1.67. The number of aryl methyl sites for hydroxylation is 1. The summed E-state index contributed by atoms with van der Waals surface area (Å²) in [6, 6.07) is 5.32. The standard InChI is InChI=1S/C16H18Cl2N4O2S/c1-10-9-25-16(19-10)6-14(23)20-21-15(24)8-22(2)7-11-3-4-12(17)13(18)5-11/h3-5,9H,6-8H2,1-2H3,(H,20,23)(H,21,24). The highest BCUT2D eigenvalue weighted by Crippen LogP contribution is 2.23. The van der Waals surface area contributed by atoms with Gasteiger partial charge in [0.2, 0.25) is 5.91 Å². The van der Waals surface area contributed by atoms with E-state index in [1.54, 1.807) is 24.1 Å². The number of nitrogens with zero attached hydrogens (tertiary/aromatic N) is 2. The van der Waals surface area contributed by atoms with E-state index < -0.39 is 0 Å². The first-order valence-electron chi connectivity index (χ1n) is 7.44. The number of rotatable bonds is 6. The Labute approximate surface area is 160 Å². The lowest BCUT2D eigenvalue weighted by Gasteiger charge is -2.17. The van der Waals surface area contributed by atoms with Crippen LogP contribution < -0.4 is 10.9 Å². The van der Waals surface area contributed by atoms with Gasteiger partial charge in [0.25, 0.3) is 5.91 Å². The van der Waals surface area contributed by atoms with Gasteiger partial charge in [-0.25, -0.2) is 4.98 Å². The molecule has 0 aliphatic heterocycles. The van der Waals surface area contributed by atoms with Gasteiger partial charge in [-0.1, -0.05) is 29.3 Å². The highest BCUT2D eigenvalue weighted by molar-refractivity contribution is 7.09. The molecular weight excluding hydrogens is 383 g/mol. The summed E-state index contributed by atoms with van der Waals surface area (Å²) in [7, 11) is 1.79. The predicted octanol–water partition coefficient (Wildman–Crippen LogP) is 2.58. The van der Waals surface area contributed by atoms with Crippen LogP contribution in [0, 0.1) is 6.92 Å². The number of thiazole rings is 1. The molecule has 9 heteroatoms. The highest BCUT2D eigenvalue weighted by Gasteiger charge is 2.11. The number of carbonyl (C=O) groups is 2. The SMILES string of the molecule is Cc1csc(CC(=O)NNC(=O)CN(C)Cc2ccc(Cl)c(Cl)c2)n1. The molecule has 2 amide bonds. The minimum atomic E-state index is -0.314. The molecule has 0 saturated carbocycles. The summed E-state index contributed by atoms with van der Waals surface area (Å²) in [5, 5.41) is 3.55. The van der Waals surface area contributed by atoms with E-state index in [0.29, 0.717) is 21.6 Å². The summed E-state index contributed by atoms with van der Waals surface area (Å²) >= 11 is 13.3. The molecule has 134 valence electrons. The first-order valence-corrected chi connectivity index (χ1v) is 9.08. The molecule has 1 aromatic carbocycles. The fourth-order valence-electron chi connectivity index (χ4n) is 2.10. The van der Waals surface area contributed by atoms with E-state index in [9.17, 15) is 9.59 Å². The molecule has 0 aliphatic carbocycles. The van der Waals surface area contributed by atoms with Crippen LogP contribution in [0.4, 0.5) is 0 Å². The summed E-state index contributed by atoms with van der Waals surface area (Å²) in [5.74, 6) is -0.624. The summed E-state index contributed by atoms with van der Waals surface area (Å²) in [4.78, 5) is 29.7. The van der Waals surface area contributed by atoms with Gasteiger partial charge in [0.1, 0.15) is 5.01 Å². The largest absolute Gasteiger partial charge is 0.293 e. The van der Waals surface area contributed by atoms with Gasteiger partial charge in [0.05, 0.1) is 23.0 Å². The summed E-state index contributed by atoms with van der Waals surface area (Å²) in [6.07, 6.45) is 0.137. The molecule has 0 saturated heterocycles. The minimum Gasteiger partial charge on any atom is -0.293 e. The van der Waals surface area contributed by atoms with Gasteiger partial charge in [-0.3, -0.25) is 25.3 Å². The van der Waals surface area contributed by atoms with Crippen molar-refractivity contribution in [1.82, 2.24) is 20.7 Å². The van der Waals surface area contributed by atoms with E-state index in [4.69, 9.17) is 23.2 Å². The first kappa shape index (κ1) is 19.7. The number of likely N-dealkylation sites (N-methyl/N-ethyl adjacent to an activating group) is 1. The van der Waals surface area contributed by atoms with E-state index in [1.807, 2.05) is 18.4 Å². The van der Waals surface area contributed by atoms with Crippen LogP contribution in [0.15, 0.2) is 23.6 Å². The number of hydrazine groups is 1. The third-order valence-electron chi connectivity index (χ3n) is 3.17. The number of benzene rings is 1. The molecule has 1 aromatic heterocycles. The Balaban J connectivity index is 1.73. The lowest BCUT2D eigenvalue weighted by Crippen LogP contribution is -2.46. The Morgan fingerprint density at radius 2 is 1.92 bits per heavy atom. The quantitative estimate of drug-likeness (QED) is 0.730. The second-order valence-corrected chi connectivity index (χ2v) is 7.33. The van der Waals surface area contributed by atoms with Gasteiger partial charge in [0, 0.05) is 17.6 Å². The smallest absolute Gasteiger partial charge is 0.252 e. The van der Waals surface area contributed by atoms with Crippen LogP contribution in [-0.2, 0) is 22.6 Å². The second-order valence-electron chi connectivity index (χ2n) is 5.58. The molecule has 6 nitrogen and oxygen atoms in total. The second kappa shape index (κ2) is 9.15. The van der Waals surface area contributed by atoms with Gasteiger partial charge < -0.3 is 0 Å². The van der Waals surface area contributed by atoms with Crippen LogP contribution >= 0.6 is 34.5 Å². The topological polar surface area (TPSA) is 74.3 Å². The van der Waals surface area contributed by atoms with Gasteiger partial charge in [-0.05, 0) is 31.7 Å². The molecule has 0 spiro atoms. The van der Waals surface area contributed by atoms with E-state index >= 15 is 0 Å². The first-order chi connectivity index (χ1) is 11.8. The number of nitrogens with one attached hydrogen (secondary N) is 2. The maximum atomic E-state index is 11.9. The monoisotopic (exact) mass is 400 g/mol. The van der Waals surface area contributed by atoms with Crippen LogP contribution in [0.25, 0.3) is 0 Å². The zero-order valence-corrected chi connectivity index (χ0v) is 16.1. The average molecular weight is 401 g/mol. The molecule has 2 N–H and O–H groups in total. The van der Waals surface area contributed by atoms with Gasteiger partial charge in [-0.15, -0.1) is 11.3 Å². The number of aromatic nitrogens is 1. The predicted molar refractivity (Wildman–Crippen MR) is 99.6 cm³/mol. The summed E-state index contributed by atoms with van der Waals surface area (Å²) in [5.41, 5.74) is 6.60. The molecule has 0 aliphatic rings. The normalized spacial score (nSPS) is 10.8. The van der Waals surface area contributed by atoms with Crippen LogP contribution in [0.5, 0.6) is 0 Å². The van der Waals surface area contributed by atoms with Crippen molar-refractivity contribution >= 4 is 46.4 Å². The van der Waals surface area contributed by atoms with E-state index in [-0.39, 0.29) is 24.8 Å². The molecule has 0 fully saturated rings. The maximum Gasteiger partial charge on any atom is 0.252 e. The van der Waals surface area contributed by atoms with E-state index in [1.165, 1.54) is 11.3 Å². The van der Waals surface area contributed by atoms with Gasteiger partial charge >= 0.3 is 0 Å². The minimum absolute atomic E-state index is 0.122. The fourth-order valence-corrected chi connectivity index (χ4v) is 3.19. The third kappa shape index (κ3) is 6.62. The number of hydrogen-bond acceptors (Lipinski definition) is 5. The van der Waals surface area contributed by atoms with Crippen LogP contribution in [0.1, 0.15) is 16.3 Å². The molecule has 2 rings (SSSR count). The van der Waals surface area contributed by atoms with Crippen molar-refractivity contribution in [3.05, 3.63) is 49.9 Å². The fraction of sp³-hybridized carbons (Fsp3) is 0.312. The molecule has 1 heterocycles. The third-order valence-corrected chi connectivity index (χ3v) is 4.88. The van der Waals surface area contributed by atoms with Crippen molar-refractivity contribution in [3.8, 4) is 0 Å². The van der Waals surface area contributed by atoms with Crippen molar-refractivity contribution in [3.63, 3.8) is 0 Å². The average Bonchev–Trinajstić information content (AvgIpc) is 2.94. The number of carbonyl (C=O) groups excluding carboxylic acids is 2. The van der Waals surface area contributed by atoms with Crippen molar-refractivity contribution in [2.24, 2.45) is 0 Å². The Kier molecular flexibility index (Phi) is 7.19. The van der Waals surface area contributed by atoms with E-state index in [0.717, 1.165) is 11.3 Å². The zero-order chi connectivity index (χ0) is 18.4. The maximum absolute atomic E-state index is 11.9. The van der Waals surface area contributed by atoms with Crippen LogP contribution in [0.2, 0.25) is 10.0 Å². The molecule has 0 radical (unpaired) electrons. The van der Waals surface area contributed by atoms with Crippen LogP contribution in [-0.4, -0.2) is 35.3 Å². The lowest BCUT2D eigenvalue weighted by atomic mass is 10.2. The summed E-state index contributed by atoms with van der Waals surface area (Å²) < 4.78 is 0. The van der Waals surface area contributed by atoms with Crippen molar-refractivity contribution < 1.29 is 9.59 Å². The molecule has 2 aromatic rings. The van der Waals surface area contributed by atoms with Crippen molar-refractivity contribution in [2.75, 3.05) is 13.6 Å². The molecule has 0 unspecified atom stereocenters. The number of hydrogen-bond donors (Lipinski definition) is 2. The van der Waals surface area contributed by atoms with E-state index in [2.05, 4.69) is 15.8 Å². The van der Waals surface area contributed by atoms with Gasteiger partial charge in [0.15, 0.2) is 0 Å². The van der Waals surface area contributed by atoms with Crippen molar-refractivity contribution in [1.29, 1.82) is 0 Å². The van der Waals surface area contributed by atoms with Crippen LogP contribution in [0.3, 0.4) is 0 Å². The Bertz CT molecular complexity index is 766. The van der Waals surface area contributed by atoms with Gasteiger partial charge in [-0.2, -0.15) is 0 Å². The highest BCUT2D eigenvalue weighted by atomic mass is 35.5. The molecular formula is C16H18Cl2N4O2S. The Morgan fingerprint density at radius 1 is 1.20 bits per heavy atom.